The van der Waals surface area contributed by atoms with Crippen LogP contribution in [0.1, 0.15) is 24.0 Å². The maximum absolute atomic E-state index is 13.0. The molecule has 0 amide bonds. The average Bonchev–Trinajstić information content (AvgIpc) is 2.95. The second-order valence-electron chi connectivity index (χ2n) is 4.43. The molecule has 82 valence electrons. The Balaban J connectivity index is 2.01. The lowest BCUT2D eigenvalue weighted by molar-refractivity contribution is -0.159. The van der Waals surface area contributed by atoms with E-state index < -0.39 is 17.9 Å². The summed E-state index contributed by atoms with van der Waals surface area (Å²) in [6, 6.07) is 7.20. The van der Waals surface area contributed by atoms with Gasteiger partial charge in [0.25, 0.3) is 0 Å². The number of nitrogens with zero attached hydrogens (tertiary/aromatic N) is 1. The first-order chi connectivity index (χ1) is 7.55. The lowest BCUT2D eigenvalue weighted by Gasteiger charge is -2.07. The quantitative estimate of drug-likeness (QED) is 0.730. The molecule has 1 saturated carbocycles. The van der Waals surface area contributed by atoms with E-state index in [0.29, 0.717) is 5.56 Å². The average molecular weight is 221 g/mol. The number of benzene rings is 1. The van der Waals surface area contributed by atoms with Crippen LogP contribution in [0.15, 0.2) is 18.2 Å². The highest BCUT2D eigenvalue weighted by Crippen LogP contribution is 2.49. The van der Waals surface area contributed by atoms with Gasteiger partial charge in [-0.2, -0.15) is 14.0 Å². The molecule has 0 atom stereocenters. The summed E-state index contributed by atoms with van der Waals surface area (Å²) < 4.78 is 30.5. The number of ether oxygens (including phenoxy) is 1. The molecule has 1 heterocycles. The van der Waals surface area contributed by atoms with E-state index in [0.717, 1.165) is 18.4 Å². The number of fused-ring (bicyclic) bond motifs is 1. The van der Waals surface area contributed by atoms with Gasteiger partial charge in [-0.15, -0.1) is 0 Å². The summed E-state index contributed by atoms with van der Waals surface area (Å²) in [7, 11) is 0. The van der Waals surface area contributed by atoms with Gasteiger partial charge in [0.2, 0.25) is 0 Å². The molecule has 1 aromatic carbocycles. The number of nitriles is 1. The fraction of sp³-hybridized carbons (Fsp3) is 0.417. The highest BCUT2D eigenvalue weighted by Gasteiger charge is 2.46. The van der Waals surface area contributed by atoms with Crippen molar-refractivity contribution in [3.63, 3.8) is 0 Å². The van der Waals surface area contributed by atoms with Crippen LogP contribution >= 0.6 is 0 Å². The maximum atomic E-state index is 13.0. The predicted octanol–water partition coefficient (Wildman–Crippen LogP) is 2.77. The summed E-state index contributed by atoms with van der Waals surface area (Å²) in [5, 5.41) is 9.03. The van der Waals surface area contributed by atoms with Crippen molar-refractivity contribution in [2.45, 2.75) is 30.8 Å². The van der Waals surface area contributed by atoms with Gasteiger partial charge in [0.1, 0.15) is 5.75 Å². The third kappa shape index (κ3) is 1.28. The Morgan fingerprint density at radius 3 is 2.69 bits per heavy atom. The summed E-state index contributed by atoms with van der Waals surface area (Å²) in [6.45, 7) is 0. The fourth-order valence-electron chi connectivity index (χ4n) is 2.12. The van der Waals surface area contributed by atoms with E-state index >= 15 is 0 Å². The highest BCUT2D eigenvalue weighted by atomic mass is 19.3. The Labute approximate surface area is 91.4 Å². The van der Waals surface area contributed by atoms with E-state index in [4.69, 9.17) is 5.26 Å². The van der Waals surface area contributed by atoms with Crippen LogP contribution in [0, 0.1) is 11.3 Å². The van der Waals surface area contributed by atoms with E-state index in [1.807, 2.05) is 0 Å². The van der Waals surface area contributed by atoms with E-state index in [2.05, 4.69) is 10.8 Å². The third-order valence-corrected chi connectivity index (χ3v) is 3.23. The lowest BCUT2D eigenvalue weighted by Crippen LogP contribution is -2.20. The van der Waals surface area contributed by atoms with E-state index in [1.165, 1.54) is 0 Å². The number of alkyl halides is 2. The van der Waals surface area contributed by atoms with Crippen molar-refractivity contribution in [3.8, 4) is 11.8 Å². The normalized spacial score (nSPS) is 23.1. The number of hydrogen-bond donors (Lipinski definition) is 0. The molecule has 0 aromatic heterocycles. The fourth-order valence-corrected chi connectivity index (χ4v) is 2.12. The SMILES string of the molecule is N#CC1(c2ccc3c(c2)CC(F)(F)O3)CC1. The van der Waals surface area contributed by atoms with Crippen LogP contribution in [0.5, 0.6) is 5.75 Å². The zero-order valence-corrected chi connectivity index (χ0v) is 8.46. The first kappa shape index (κ1) is 9.59. The minimum absolute atomic E-state index is 0.238. The standard InChI is InChI=1S/C12H9F2NO/c13-12(14)6-8-5-9(1-2-10(8)16-12)11(7-15)3-4-11/h1-2,5H,3-4,6H2. The van der Waals surface area contributed by atoms with Crippen LogP contribution in [0.4, 0.5) is 8.78 Å². The van der Waals surface area contributed by atoms with E-state index in [-0.39, 0.29) is 5.75 Å². The van der Waals surface area contributed by atoms with Crippen LogP contribution in [-0.4, -0.2) is 6.11 Å². The Hall–Kier alpha value is -1.63. The zero-order valence-electron chi connectivity index (χ0n) is 8.46. The lowest BCUT2D eigenvalue weighted by atomic mass is 9.95. The third-order valence-electron chi connectivity index (χ3n) is 3.23. The van der Waals surface area contributed by atoms with Gasteiger partial charge in [0.05, 0.1) is 17.9 Å². The van der Waals surface area contributed by atoms with Crippen LogP contribution in [-0.2, 0) is 11.8 Å². The molecular formula is C12H9F2NO. The molecule has 2 aliphatic rings. The molecule has 0 radical (unpaired) electrons. The van der Waals surface area contributed by atoms with Crippen molar-refractivity contribution in [2.75, 3.05) is 0 Å². The first-order valence-corrected chi connectivity index (χ1v) is 5.16. The largest absolute Gasteiger partial charge is 0.432 e. The molecule has 0 spiro atoms. The molecule has 1 aliphatic heterocycles. The van der Waals surface area contributed by atoms with Gasteiger partial charge >= 0.3 is 6.11 Å². The van der Waals surface area contributed by atoms with Gasteiger partial charge in [-0.05, 0) is 24.5 Å². The molecule has 0 N–H and O–H groups in total. The molecule has 0 saturated heterocycles. The monoisotopic (exact) mass is 221 g/mol. The second kappa shape index (κ2) is 2.73. The van der Waals surface area contributed by atoms with Crippen LogP contribution in [0.25, 0.3) is 0 Å². The summed E-state index contributed by atoms with van der Waals surface area (Å²) in [6.07, 6.45) is -1.85. The Bertz CT molecular complexity index is 500. The van der Waals surface area contributed by atoms with Gasteiger partial charge in [-0.25, -0.2) is 0 Å². The highest BCUT2D eigenvalue weighted by molar-refractivity contribution is 5.47. The number of rotatable bonds is 1. The maximum Gasteiger partial charge on any atom is 0.402 e. The Morgan fingerprint density at radius 1 is 1.31 bits per heavy atom. The number of halogens is 2. The Morgan fingerprint density at radius 2 is 2.06 bits per heavy atom. The van der Waals surface area contributed by atoms with Crippen LogP contribution in [0.3, 0.4) is 0 Å². The minimum Gasteiger partial charge on any atom is -0.432 e. The summed E-state index contributed by atoms with van der Waals surface area (Å²) >= 11 is 0. The van der Waals surface area contributed by atoms with Crippen LogP contribution in [0.2, 0.25) is 0 Å². The van der Waals surface area contributed by atoms with Crippen molar-refractivity contribution in [1.82, 2.24) is 0 Å². The smallest absolute Gasteiger partial charge is 0.402 e. The van der Waals surface area contributed by atoms with Crippen molar-refractivity contribution in [3.05, 3.63) is 29.3 Å². The van der Waals surface area contributed by atoms with Gasteiger partial charge in [-0.3, -0.25) is 0 Å². The van der Waals surface area contributed by atoms with Gasteiger partial charge in [0, 0.05) is 5.56 Å². The molecular weight excluding hydrogens is 212 g/mol. The van der Waals surface area contributed by atoms with Crippen molar-refractivity contribution in [1.29, 1.82) is 5.26 Å². The molecule has 16 heavy (non-hydrogen) atoms. The zero-order chi connectivity index (χ0) is 11.4. The van der Waals surface area contributed by atoms with Gasteiger partial charge < -0.3 is 4.74 Å². The molecule has 3 rings (SSSR count). The summed E-state index contributed by atoms with van der Waals surface area (Å²) in [5.41, 5.74) is 0.923. The summed E-state index contributed by atoms with van der Waals surface area (Å²) in [4.78, 5) is 0. The number of hydrogen-bond acceptors (Lipinski definition) is 2. The Kier molecular flexibility index (Phi) is 1.64. The van der Waals surface area contributed by atoms with Crippen molar-refractivity contribution < 1.29 is 13.5 Å². The predicted molar refractivity (Wildman–Crippen MR) is 52.2 cm³/mol. The molecule has 0 bridgehead atoms. The molecule has 4 heteroatoms. The van der Waals surface area contributed by atoms with Crippen LogP contribution < -0.4 is 4.74 Å². The van der Waals surface area contributed by atoms with Gasteiger partial charge in [0.15, 0.2) is 0 Å². The van der Waals surface area contributed by atoms with E-state index in [9.17, 15) is 8.78 Å². The first-order valence-electron chi connectivity index (χ1n) is 5.16. The van der Waals surface area contributed by atoms with Gasteiger partial charge in [-0.1, -0.05) is 12.1 Å². The second-order valence-corrected chi connectivity index (χ2v) is 4.43. The van der Waals surface area contributed by atoms with Crippen molar-refractivity contribution >= 4 is 0 Å². The summed E-state index contributed by atoms with van der Waals surface area (Å²) in [5.74, 6) is 0.238. The molecule has 1 aromatic rings. The molecule has 1 aliphatic carbocycles. The topological polar surface area (TPSA) is 33.0 Å². The molecule has 1 fully saturated rings. The van der Waals surface area contributed by atoms with Crippen molar-refractivity contribution in [2.24, 2.45) is 0 Å². The minimum atomic E-state index is -3.09. The molecule has 2 nitrogen and oxygen atoms in total. The molecule has 0 unspecified atom stereocenters. The van der Waals surface area contributed by atoms with E-state index in [1.54, 1.807) is 18.2 Å².